The number of carbonyl (C=O) groups is 1. The number of aliphatic hydroxyl groups is 1. The Morgan fingerprint density at radius 3 is 2.88 bits per heavy atom. The second-order valence-electron chi connectivity index (χ2n) is 3.73. The van der Waals surface area contributed by atoms with Gasteiger partial charge >= 0.3 is 5.97 Å². The molecule has 2 rings (SSSR count). The topological polar surface area (TPSA) is 46.5 Å². The number of esters is 1. The molecule has 1 aliphatic rings. The van der Waals surface area contributed by atoms with Crippen LogP contribution in [0.25, 0.3) is 0 Å². The molecule has 3 nitrogen and oxygen atoms in total. The number of benzene rings is 1. The zero-order valence-corrected chi connectivity index (χ0v) is 9.28. The third kappa shape index (κ3) is 1.96. The number of aliphatic hydroxyl groups excluding tert-OH is 1. The van der Waals surface area contributed by atoms with Crippen molar-refractivity contribution >= 4 is 17.6 Å². The van der Waals surface area contributed by atoms with Gasteiger partial charge in [0.15, 0.2) is 0 Å². The van der Waals surface area contributed by atoms with Gasteiger partial charge in [0, 0.05) is 10.6 Å². The summed E-state index contributed by atoms with van der Waals surface area (Å²) in [6.45, 7) is 3.79. The van der Waals surface area contributed by atoms with Crippen LogP contribution in [0.1, 0.15) is 11.7 Å². The van der Waals surface area contributed by atoms with Crippen molar-refractivity contribution in [1.82, 2.24) is 0 Å². The maximum Gasteiger partial charge on any atom is 0.333 e. The quantitative estimate of drug-likeness (QED) is 0.634. The van der Waals surface area contributed by atoms with Gasteiger partial charge in [0.1, 0.15) is 6.61 Å². The minimum absolute atomic E-state index is 0.172. The van der Waals surface area contributed by atoms with E-state index >= 15 is 0 Å². The van der Waals surface area contributed by atoms with E-state index in [1.54, 1.807) is 24.3 Å². The molecule has 1 aliphatic heterocycles. The van der Waals surface area contributed by atoms with Gasteiger partial charge in [-0.15, -0.1) is 0 Å². The normalized spacial score (nSPS) is 22.0. The molecule has 1 saturated heterocycles. The van der Waals surface area contributed by atoms with E-state index in [4.69, 9.17) is 16.3 Å². The van der Waals surface area contributed by atoms with Crippen LogP contribution >= 0.6 is 11.6 Å². The highest BCUT2D eigenvalue weighted by Crippen LogP contribution is 2.33. The summed E-state index contributed by atoms with van der Waals surface area (Å²) in [6, 6.07) is 6.90. The minimum Gasteiger partial charge on any atom is -0.462 e. The number of hydrogen-bond donors (Lipinski definition) is 1. The summed E-state index contributed by atoms with van der Waals surface area (Å²) in [5.74, 6) is -0.822. The van der Waals surface area contributed by atoms with Crippen LogP contribution in [-0.4, -0.2) is 17.7 Å². The first-order valence-corrected chi connectivity index (χ1v) is 5.27. The lowest BCUT2D eigenvalue weighted by Crippen LogP contribution is -2.14. The van der Waals surface area contributed by atoms with E-state index in [9.17, 15) is 9.90 Å². The molecule has 1 aromatic carbocycles. The lowest BCUT2D eigenvalue weighted by molar-refractivity contribution is -0.135. The zero-order valence-electron chi connectivity index (χ0n) is 8.52. The molecule has 16 heavy (non-hydrogen) atoms. The molecule has 0 unspecified atom stereocenters. The molecule has 0 aromatic heterocycles. The first-order valence-electron chi connectivity index (χ1n) is 4.89. The number of halogens is 1. The number of ether oxygens (including phenoxy) is 1. The van der Waals surface area contributed by atoms with Crippen LogP contribution in [0.3, 0.4) is 0 Å². The average molecular weight is 239 g/mol. The van der Waals surface area contributed by atoms with Gasteiger partial charge in [-0.1, -0.05) is 30.3 Å². The fourth-order valence-electron chi connectivity index (χ4n) is 1.71. The molecule has 4 heteroatoms. The molecule has 84 valence electrons. The van der Waals surface area contributed by atoms with Crippen molar-refractivity contribution in [3.05, 3.63) is 47.0 Å². The van der Waals surface area contributed by atoms with Crippen LogP contribution in [-0.2, 0) is 9.53 Å². The van der Waals surface area contributed by atoms with E-state index in [1.807, 2.05) is 0 Å². The van der Waals surface area contributed by atoms with E-state index in [0.717, 1.165) is 0 Å². The summed E-state index contributed by atoms with van der Waals surface area (Å²) in [5, 5.41) is 10.6. The van der Waals surface area contributed by atoms with E-state index in [-0.39, 0.29) is 12.5 Å². The minimum atomic E-state index is -0.808. The Morgan fingerprint density at radius 1 is 1.56 bits per heavy atom. The van der Waals surface area contributed by atoms with Crippen LogP contribution in [0.5, 0.6) is 0 Å². The van der Waals surface area contributed by atoms with Crippen molar-refractivity contribution in [1.29, 1.82) is 0 Å². The van der Waals surface area contributed by atoms with Crippen LogP contribution in [0, 0.1) is 5.92 Å². The summed E-state index contributed by atoms with van der Waals surface area (Å²) in [7, 11) is 0. The van der Waals surface area contributed by atoms with Crippen molar-refractivity contribution in [3.8, 4) is 0 Å². The number of hydrogen-bond acceptors (Lipinski definition) is 3. The van der Waals surface area contributed by atoms with Gasteiger partial charge in [0.05, 0.1) is 12.0 Å². The molecule has 0 amide bonds. The van der Waals surface area contributed by atoms with Crippen molar-refractivity contribution in [2.75, 3.05) is 6.61 Å². The third-order valence-electron chi connectivity index (χ3n) is 2.68. The van der Waals surface area contributed by atoms with Crippen LogP contribution in [0.4, 0.5) is 0 Å². The first kappa shape index (κ1) is 11.2. The van der Waals surface area contributed by atoms with Crippen LogP contribution < -0.4 is 0 Å². The molecule has 0 bridgehead atoms. The Hall–Kier alpha value is -1.32. The van der Waals surface area contributed by atoms with Gasteiger partial charge in [-0.3, -0.25) is 0 Å². The summed E-state index contributed by atoms with van der Waals surface area (Å²) in [5.41, 5.74) is 0.976. The molecule has 1 N–H and O–H groups in total. The highest BCUT2D eigenvalue weighted by molar-refractivity contribution is 6.30. The van der Waals surface area contributed by atoms with E-state index in [1.165, 1.54) is 0 Å². The number of carbonyl (C=O) groups excluding carboxylic acids is 1. The maximum atomic E-state index is 11.1. The lowest BCUT2D eigenvalue weighted by Gasteiger charge is -2.16. The fraction of sp³-hybridized carbons (Fsp3) is 0.250. The molecule has 0 aliphatic carbocycles. The second-order valence-corrected chi connectivity index (χ2v) is 4.17. The van der Waals surface area contributed by atoms with Crippen molar-refractivity contribution in [2.45, 2.75) is 6.10 Å². The summed E-state index contributed by atoms with van der Waals surface area (Å²) < 4.78 is 4.82. The standard InChI is InChI=1S/C12H11ClO3/c1-7-10(6-16-12(7)15)11(14)8-3-2-4-9(13)5-8/h2-5,10-11,14H,1,6H2/t10-,11-/m0/s1. The Kier molecular flexibility index (Phi) is 2.99. The molecule has 0 radical (unpaired) electrons. The number of rotatable bonds is 2. The molecule has 1 fully saturated rings. The molecule has 2 atom stereocenters. The predicted octanol–water partition coefficient (Wildman–Crippen LogP) is 2.10. The van der Waals surface area contributed by atoms with Gasteiger partial charge in [0.25, 0.3) is 0 Å². The van der Waals surface area contributed by atoms with E-state index in [2.05, 4.69) is 6.58 Å². The summed E-state index contributed by atoms with van der Waals surface area (Å²) in [4.78, 5) is 11.1. The number of cyclic esters (lactones) is 1. The van der Waals surface area contributed by atoms with Crippen LogP contribution in [0.15, 0.2) is 36.4 Å². The molecular weight excluding hydrogens is 228 g/mol. The Labute approximate surface area is 98.3 Å². The Balaban J connectivity index is 2.22. The Morgan fingerprint density at radius 2 is 2.31 bits per heavy atom. The molecular formula is C12H11ClO3. The largest absolute Gasteiger partial charge is 0.462 e. The summed E-state index contributed by atoms with van der Waals surface area (Å²) in [6.07, 6.45) is -0.808. The fourth-order valence-corrected chi connectivity index (χ4v) is 1.91. The lowest BCUT2D eigenvalue weighted by atomic mass is 9.92. The average Bonchev–Trinajstić information content (AvgIpc) is 2.59. The smallest absolute Gasteiger partial charge is 0.333 e. The van der Waals surface area contributed by atoms with Gasteiger partial charge in [-0.05, 0) is 17.7 Å². The molecule has 1 heterocycles. The highest BCUT2D eigenvalue weighted by Gasteiger charge is 2.34. The SMILES string of the molecule is C=C1C(=O)OC[C@@H]1[C@@H](O)c1cccc(Cl)c1. The first-order chi connectivity index (χ1) is 7.59. The van der Waals surface area contributed by atoms with Gasteiger partial charge in [-0.2, -0.15) is 0 Å². The van der Waals surface area contributed by atoms with Crippen molar-refractivity contribution < 1.29 is 14.6 Å². The molecule has 0 spiro atoms. The van der Waals surface area contributed by atoms with E-state index < -0.39 is 12.1 Å². The third-order valence-corrected chi connectivity index (χ3v) is 2.91. The van der Waals surface area contributed by atoms with Crippen molar-refractivity contribution in [2.24, 2.45) is 5.92 Å². The predicted molar refractivity (Wildman–Crippen MR) is 60.0 cm³/mol. The molecule has 0 saturated carbocycles. The second kappa shape index (κ2) is 4.28. The van der Waals surface area contributed by atoms with Gasteiger partial charge < -0.3 is 9.84 Å². The zero-order chi connectivity index (χ0) is 11.7. The van der Waals surface area contributed by atoms with Crippen molar-refractivity contribution in [3.63, 3.8) is 0 Å². The van der Waals surface area contributed by atoms with Crippen LogP contribution in [0.2, 0.25) is 5.02 Å². The summed E-state index contributed by atoms with van der Waals surface area (Å²) >= 11 is 5.83. The molecule has 1 aromatic rings. The Bertz CT molecular complexity index is 442. The highest BCUT2D eigenvalue weighted by atomic mass is 35.5. The maximum absolute atomic E-state index is 11.1. The van der Waals surface area contributed by atoms with Gasteiger partial charge in [0.2, 0.25) is 0 Å². The monoisotopic (exact) mass is 238 g/mol. The van der Waals surface area contributed by atoms with E-state index in [0.29, 0.717) is 16.2 Å². The van der Waals surface area contributed by atoms with Gasteiger partial charge in [-0.25, -0.2) is 4.79 Å².